The zero-order chi connectivity index (χ0) is 26.9. The molecule has 2 heterocycles. The van der Waals surface area contributed by atoms with E-state index in [-0.39, 0.29) is 39.1 Å². The molecule has 0 saturated heterocycles. The topological polar surface area (TPSA) is 127 Å². The van der Waals surface area contributed by atoms with Crippen LogP contribution in [0.2, 0.25) is 0 Å². The summed E-state index contributed by atoms with van der Waals surface area (Å²) in [7, 11) is -2.01. The zero-order valence-electron chi connectivity index (χ0n) is 20.9. The van der Waals surface area contributed by atoms with Gasteiger partial charge in [0, 0.05) is 36.3 Å². The Hall–Kier alpha value is -4.18. The third kappa shape index (κ3) is 4.79. The van der Waals surface area contributed by atoms with E-state index in [4.69, 9.17) is 4.74 Å². The maximum atomic E-state index is 12.9. The molecule has 10 heteroatoms. The number of benzene rings is 2. The van der Waals surface area contributed by atoms with Gasteiger partial charge in [0.05, 0.1) is 16.2 Å². The molecule has 0 radical (unpaired) electrons. The van der Waals surface area contributed by atoms with E-state index >= 15 is 0 Å². The Kier molecular flexibility index (Phi) is 7.04. The van der Waals surface area contributed by atoms with Crippen LogP contribution in [0.3, 0.4) is 0 Å². The summed E-state index contributed by atoms with van der Waals surface area (Å²) in [6.07, 6.45) is 2.26. The van der Waals surface area contributed by atoms with Crippen molar-refractivity contribution in [3.05, 3.63) is 75.8 Å². The summed E-state index contributed by atoms with van der Waals surface area (Å²) in [6, 6.07) is 11.2. The minimum Gasteiger partial charge on any atom is -0.456 e. The second kappa shape index (κ2) is 10.1. The molecular formula is C27H27N3O6S. The smallest absolute Gasteiger partial charge is 0.274 e. The van der Waals surface area contributed by atoms with E-state index in [9.17, 15) is 22.8 Å². The molecule has 192 valence electrons. The minimum absolute atomic E-state index is 0.0826. The number of pyridine rings is 1. The van der Waals surface area contributed by atoms with E-state index in [0.29, 0.717) is 46.2 Å². The average molecular weight is 522 g/mol. The summed E-state index contributed by atoms with van der Waals surface area (Å²) >= 11 is 0. The van der Waals surface area contributed by atoms with Gasteiger partial charge in [-0.3, -0.25) is 14.4 Å². The Balaban J connectivity index is 2.03. The molecule has 0 aliphatic heterocycles. The number of para-hydroxylation sites is 1. The fourth-order valence-electron chi connectivity index (χ4n) is 4.11. The monoisotopic (exact) mass is 521 g/mol. The maximum Gasteiger partial charge on any atom is 0.274 e. The molecular weight excluding hydrogens is 494 g/mol. The van der Waals surface area contributed by atoms with Crippen LogP contribution >= 0.6 is 0 Å². The van der Waals surface area contributed by atoms with Crippen molar-refractivity contribution in [1.82, 2.24) is 14.9 Å². The number of carbonyl (C=O) groups is 2. The van der Waals surface area contributed by atoms with Crippen molar-refractivity contribution in [2.45, 2.75) is 25.7 Å². The van der Waals surface area contributed by atoms with Gasteiger partial charge in [-0.25, -0.2) is 8.42 Å². The molecule has 2 N–H and O–H groups in total. The van der Waals surface area contributed by atoms with Gasteiger partial charge in [0.2, 0.25) is 0 Å². The lowest BCUT2D eigenvalue weighted by Crippen LogP contribution is -2.23. The summed E-state index contributed by atoms with van der Waals surface area (Å²) in [4.78, 5) is 40.1. The van der Waals surface area contributed by atoms with E-state index in [1.807, 2.05) is 0 Å². The highest BCUT2D eigenvalue weighted by atomic mass is 32.2. The van der Waals surface area contributed by atoms with Crippen molar-refractivity contribution in [1.29, 1.82) is 0 Å². The van der Waals surface area contributed by atoms with Crippen molar-refractivity contribution in [2.24, 2.45) is 7.05 Å². The molecule has 0 unspecified atom stereocenters. The highest BCUT2D eigenvalue weighted by Gasteiger charge is 2.22. The van der Waals surface area contributed by atoms with E-state index in [1.165, 1.54) is 22.8 Å². The Morgan fingerprint density at radius 1 is 1.14 bits per heavy atom. The van der Waals surface area contributed by atoms with E-state index in [0.717, 1.165) is 0 Å². The number of aryl methyl sites for hydroxylation is 2. The van der Waals surface area contributed by atoms with Gasteiger partial charge in [-0.05, 0) is 49.7 Å². The number of nitrogens with one attached hydrogen (secondary N) is 2. The van der Waals surface area contributed by atoms with Gasteiger partial charge in [-0.1, -0.05) is 19.1 Å². The van der Waals surface area contributed by atoms with Gasteiger partial charge >= 0.3 is 0 Å². The van der Waals surface area contributed by atoms with Crippen LogP contribution in [-0.4, -0.2) is 42.5 Å². The van der Waals surface area contributed by atoms with Crippen LogP contribution in [0.4, 0.5) is 0 Å². The number of sulfone groups is 1. The number of aldehydes is 1. The van der Waals surface area contributed by atoms with Crippen molar-refractivity contribution >= 4 is 32.9 Å². The quantitative estimate of drug-likeness (QED) is 0.338. The number of hydrogen-bond donors (Lipinski definition) is 2. The van der Waals surface area contributed by atoms with Gasteiger partial charge < -0.3 is 19.6 Å². The van der Waals surface area contributed by atoms with Crippen molar-refractivity contribution in [3.8, 4) is 22.6 Å². The summed E-state index contributed by atoms with van der Waals surface area (Å²) in [5.41, 5.74) is 1.96. The molecule has 0 aliphatic rings. The van der Waals surface area contributed by atoms with Gasteiger partial charge in [0.25, 0.3) is 11.5 Å². The lowest BCUT2D eigenvalue weighted by Gasteiger charge is -2.17. The Labute approximate surface area is 214 Å². The van der Waals surface area contributed by atoms with Crippen LogP contribution in [0.15, 0.2) is 58.4 Å². The number of carbonyl (C=O) groups excluding carboxylic acids is 2. The number of hydrogen-bond acceptors (Lipinski definition) is 6. The Bertz CT molecular complexity index is 1700. The van der Waals surface area contributed by atoms with Crippen LogP contribution < -0.4 is 15.6 Å². The second-order valence-electron chi connectivity index (χ2n) is 8.56. The van der Waals surface area contributed by atoms with Gasteiger partial charge in [-0.2, -0.15) is 0 Å². The fraction of sp³-hybridized carbons (Fsp3) is 0.222. The zero-order valence-corrected chi connectivity index (χ0v) is 21.7. The minimum atomic E-state index is -3.58. The van der Waals surface area contributed by atoms with Crippen LogP contribution in [0.5, 0.6) is 11.5 Å². The molecule has 4 rings (SSSR count). The fourth-order valence-corrected chi connectivity index (χ4v) is 5.02. The predicted octanol–water partition coefficient (Wildman–Crippen LogP) is 3.99. The lowest BCUT2D eigenvalue weighted by molar-refractivity contribution is 0.0951. The molecule has 0 atom stereocenters. The molecule has 2 aromatic heterocycles. The molecule has 0 spiro atoms. The summed E-state index contributed by atoms with van der Waals surface area (Å²) in [5.74, 6) is 0.144. The highest BCUT2D eigenvalue weighted by Crippen LogP contribution is 2.40. The first-order chi connectivity index (χ1) is 17.6. The molecule has 37 heavy (non-hydrogen) atoms. The number of fused-ring (bicyclic) bond motifs is 1. The number of amides is 1. The first-order valence-corrected chi connectivity index (χ1v) is 13.4. The Morgan fingerprint density at radius 2 is 1.89 bits per heavy atom. The maximum absolute atomic E-state index is 12.9. The van der Waals surface area contributed by atoms with E-state index in [1.54, 1.807) is 58.3 Å². The summed E-state index contributed by atoms with van der Waals surface area (Å²) < 4.78 is 33.1. The van der Waals surface area contributed by atoms with Crippen molar-refractivity contribution < 1.29 is 22.7 Å². The van der Waals surface area contributed by atoms with Gasteiger partial charge in [0.15, 0.2) is 16.1 Å². The standard InChI is InChI=1S/C27H27N3O6S/c1-5-28-26(32)22-13-20-21(14-30(4)27(33)24(20)29-22)19-12-18(37(34,35)6-2)10-11-23(19)36-25-16(3)8-7-9-17(25)15-31/h7-15,29H,5-6H2,1-4H3,(H,28,32). The first kappa shape index (κ1) is 25.9. The number of rotatable bonds is 8. The highest BCUT2D eigenvalue weighted by molar-refractivity contribution is 7.91. The third-order valence-electron chi connectivity index (χ3n) is 6.11. The molecule has 0 fully saturated rings. The molecule has 4 aromatic rings. The molecule has 0 aliphatic carbocycles. The number of aromatic nitrogens is 2. The predicted molar refractivity (Wildman–Crippen MR) is 141 cm³/mol. The van der Waals surface area contributed by atoms with Crippen LogP contribution in [0, 0.1) is 6.92 Å². The lowest BCUT2D eigenvalue weighted by atomic mass is 10.0. The summed E-state index contributed by atoms with van der Waals surface area (Å²) in [5, 5.41) is 3.13. The number of nitrogens with zero attached hydrogens (tertiary/aromatic N) is 1. The van der Waals surface area contributed by atoms with E-state index < -0.39 is 9.84 Å². The molecule has 1 amide bonds. The SMILES string of the molecule is CCNC(=O)c1cc2c(-c3cc(S(=O)(=O)CC)ccc3Oc3c(C)cccc3C=O)cn(C)c(=O)c2[nH]1. The average Bonchev–Trinajstić information content (AvgIpc) is 3.34. The van der Waals surface area contributed by atoms with Crippen LogP contribution in [0.25, 0.3) is 22.0 Å². The third-order valence-corrected chi connectivity index (χ3v) is 7.84. The number of H-pyrrole nitrogens is 1. The first-order valence-electron chi connectivity index (χ1n) is 11.7. The molecule has 2 aromatic carbocycles. The molecule has 9 nitrogen and oxygen atoms in total. The summed E-state index contributed by atoms with van der Waals surface area (Å²) in [6.45, 7) is 5.54. The normalized spacial score (nSPS) is 11.5. The van der Waals surface area contributed by atoms with Crippen molar-refractivity contribution in [3.63, 3.8) is 0 Å². The van der Waals surface area contributed by atoms with Crippen LogP contribution in [0.1, 0.15) is 40.3 Å². The van der Waals surface area contributed by atoms with Gasteiger partial charge in [-0.15, -0.1) is 0 Å². The number of ether oxygens (including phenoxy) is 1. The second-order valence-corrected chi connectivity index (χ2v) is 10.8. The van der Waals surface area contributed by atoms with Gasteiger partial charge in [0.1, 0.15) is 22.7 Å². The van der Waals surface area contributed by atoms with E-state index in [2.05, 4.69) is 10.3 Å². The molecule has 0 bridgehead atoms. The Morgan fingerprint density at radius 3 is 2.57 bits per heavy atom. The number of aromatic amines is 1. The largest absolute Gasteiger partial charge is 0.456 e. The van der Waals surface area contributed by atoms with Crippen molar-refractivity contribution in [2.75, 3.05) is 12.3 Å². The molecule has 0 saturated carbocycles. The van der Waals surface area contributed by atoms with Crippen LogP contribution in [-0.2, 0) is 16.9 Å².